The molecule has 9 aromatic carbocycles. The van der Waals surface area contributed by atoms with Crippen LogP contribution in [0.2, 0.25) is 0 Å². The summed E-state index contributed by atoms with van der Waals surface area (Å²) in [6, 6.07) is 72.6. The van der Waals surface area contributed by atoms with Gasteiger partial charge >= 0.3 is 0 Å². The second-order valence-corrected chi connectivity index (χ2v) is 19.2. The van der Waals surface area contributed by atoms with Crippen molar-refractivity contribution in [2.75, 3.05) is 0 Å². The number of hydrogen-bond donors (Lipinski definition) is 0. The Balaban J connectivity index is 0.000000119. The highest BCUT2D eigenvalue weighted by Crippen LogP contribution is 2.50. The topological polar surface area (TPSA) is 0 Å². The number of allylic oxidation sites excluding steroid dienone is 6. The Hall–Kier alpha value is -7.54. The first-order chi connectivity index (χ1) is 32.6. The Labute approximate surface area is 398 Å². The van der Waals surface area contributed by atoms with Gasteiger partial charge in [-0.3, -0.25) is 0 Å². The third kappa shape index (κ3) is 8.93. The lowest BCUT2D eigenvalue weighted by Crippen LogP contribution is -2.15. The van der Waals surface area contributed by atoms with Gasteiger partial charge in [-0.25, -0.2) is 0 Å². The lowest BCUT2D eigenvalue weighted by molar-refractivity contribution is 0.660. The molecule has 0 saturated carbocycles. The van der Waals surface area contributed by atoms with Crippen molar-refractivity contribution in [3.8, 4) is 55.6 Å². The van der Waals surface area contributed by atoms with Gasteiger partial charge in [-0.1, -0.05) is 250 Å². The van der Waals surface area contributed by atoms with E-state index < -0.39 is 0 Å². The van der Waals surface area contributed by atoms with E-state index in [0.29, 0.717) is 5.92 Å². The summed E-state index contributed by atoms with van der Waals surface area (Å²) in [5, 5.41) is 2.59. The van der Waals surface area contributed by atoms with Crippen molar-refractivity contribution in [2.45, 2.75) is 53.4 Å². The minimum absolute atomic E-state index is 0.0452. The van der Waals surface area contributed by atoms with E-state index in [-0.39, 0.29) is 5.41 Å². The van der Waals surface area contributed by atoms with Crippen molar-refractivity contribution in [3.05, 3.63) is 269 Å². The maximum Gasteiger partial charge on any atom is 0.0159 e. The molecule has 9 aromatic rings. The molecule has 3 aliphatic carbocycles. The summed E-state index contributed by atoms with van der Waals surface area (Å²) < 4.78 is 0. The maximum atomic E-state index is 2.40. The number of hydrogen-bond acceptors (Lipinski definition) is 0. The van der Waals surface area contributed by atoms with E-state index in [1.807, 2.05) is 6.07 Å². The first kappa shape index (κ1) is 43.4. The molecule has 0 N–H and O–H groups in total. The highest BCUT2D eigenvalue weighted by molar-refractivity contribution is 5.91. The summed E-state index contributed by atoms with van der Waals surface area (Å²) in [5.74, 6) is 0.522. The Morgan fingerprint density at radius 2 is 0.896 bits per heavy atom. The van der Waals surface area contributed by atoms with Crippen molar-refractivity contribution in [1.82, 2.24) is 0 Å². The molecule has 67 heavy (non-hydrogen) atoms. The van der Waals surface area contributed by atoms with Gasteiger partial charge in [0.25, 0.3) is 0 Å². The zero-order valence-corrected chi connectivity index (χ0v) is 39.6. The van der Waals surface area contributed by atoms with Gasteiger partial charge in [-0.15, -0.1) is 0 Å². The van der Waals surface area contributed by atoms with Gasteiger partial charge in [-0.05, 0) is 145 Å². The summed E-state index contributed by atoms with van der Waals surface area (Å²) in [6.07, 6.45) is 10.3. The third-order valence-corrected chi connectivity index (χ3v) is 14.0. The van der Waals surface area contributed by atoms with Gasteiger partial charge in [0.15, 0.2) is 0 Å². The van der Waals surface area contributed by atoms with Gasteiger partial charge in [0.1, 0.15) is 0 Å². The van der Waals surface area contributed by atoms with Crippen molar-refractivity contribution in [2.24, 2.45) is 5.92 Å². The van der Waals surface area contributed by atoms with Crippen molar-refractivity contribution in [1.29, 1.82) is 0 Å². The smallest absolute Gasteiger partial charge is 0.0159 e. The molecule has 0 bridgehead atoms. The number of benzene rings is 9. The number of aryl methyl sites for hydroxylation is 3. The molecule has 0 heterocycles. The fraction of sp³-hybridized carbons (Fsp3) is 0.134. The molecule has 0 aromatic heterocycles. The van der Waals surface area contributed by atoms with Crippen LogP contribution in [0.15, 0.2) is 230 Å². The molecule has 0 amide bonds. The van der Waals surface area contributed by atoms with Crippen LogP contribution >= 0.6 is 0 Å². The maximum absolute atomic E-state index is 2.40. The van der Waals surface area contributed by atoms with Gasteiger partial charge in [0, 0.05) is 5.41 Å². The van der Waals surface area contributed by atoms with E-state index >= 15 is 0 Å². The molecule has 0 nitrogen and oxygen atoms in total. The van der Waals surface area contributed by atoms with E-state index in [2.05, 4.69) is 260 Å². The van der Waals surface area contributed by atoms with Gasteiger partial charge in [0.05, 0.1) is 0 Å². The molecular formula is C67H58. The van der Waals surface area contributed by atoms with Crippen LogP contribution in [0.5, 0.6) is 0 Å². The fourth-order valence-corrected chi connectivity index (χ4v) is 10.1. The Kier molecular flexibility index (Phi) is 11.9. The minimum atomic E-state index is 0.0452. The summed E-state index contributed by atoms with van der Waals surface area (Å²) in [6.45, 7) is 13.4. The molecule has 0 aliphatic heterocycles. The molecular weight excluding hydrogens is 805 g/mol. The highest BCUT2D eigenvalue weighted by Gasteiger charge is 2.35. The first-order valence-electron chi connectivity index (χ1n) is 23.9. The van der Waals surface area contributed by atoms with Crippen molar-refractivity contribution in [3.63, 3.8) is 0 Å². The second kappa shape index (κ2) is 18.4. The SMILES string of the molecule is Cc1ccc(-c2ccc(-c3ccccc3)cc2)cc1.Cc1ccc2c(c1)C(C)(C)c1cc(-c3ccc4ccccc4c3)ccc1-2.Cc1cccc(-c2cccc3c2CC2=C3C=CC(C)C=C2)c1. The van der Waals surface area contributed by atoms with Crippen LogP contribution in [0.4, 0.5) is 0 Å². The van der Waals surface area contributed by atoms with E-state index in [1.54, 1.807) is 0 Å². The first-order valence-corrected chi connectivity index (χ1v) is 23.9. The van der Waals surface area contributed by atoms with Crippen LogP contribution in [0, 0.1) is 26.7 Å². The Bertz CT molecular complexity index is 3350. The second-order valence-electron chi connectivity index (χ2n) is 19.2. The Morgan fingerprint density at radius 3 is 1.63 bits per heavy atom. The average Bonchev–Trinajstić information content (AvgIpc) is 3.75. The summed E-state index contributed by atoms with van der Waals surface area (Å²) in [7, 11) is 0. The van der Waals surface area contributed by atoms with Crippen molar-refractivity contribution < 1.29 is 0 Å². The van der Waals surface area contributed by atoms with Crippen LogP contribution in [0.25, 0.3) is 72.0 Å². The van der Waals surface area contributed by atoms with E-state index in [1.165, 1.54) is 116 Å². The van der Waals surface area contributed by atoms with Gasteiger partial charge in [-0.2, -0.15) is 0 Å². The number of rotatable bonds is 4. The number of fused-ring (bicyclic) bond motifs is 6. The van der Waals surface area contributed by atoms with Gasteiger partial charge in [0.2, 0.25) is 0 Å². The van der Waals surface area contributed by atoms with E-state index in [9.17, 15) is 0 Å². The third-order valence-electron chi connectivity index (χ3n) is 14.0. The molecule has 1 unspecified atom stereocenters. The fourth-order valence-electron chi connectivity index (χ4n) is 10.1. The lowest BCUT2D eigenvalue weighted by Gasteiger charge is -2.22. The van der Waals surface area contributed by atoms with Crippen molar-refractivity contribution >= 4 is 16.3 Å². The predicted molar refractivity (Wildman–Crippen MR) is 288 cm³/mol. The average molecular weight is 863 g/mol. The van der Waals surface area contributed by atoms with E-state index in [0.717, 1.165) is 6.42 Å². The minimum Gasteiger partial charge on any atom is -0.0776 e. The van der Waals surface area contributed by atoms with Crippen LogP contribution in [-0.2, 0) is 11.8 Å². The van der Waals surface area contributed by atoms with Crippen LogP contribution in [0.3, 0.4) is 0 Å². The van der Waals surface area contributed by atoms with Crippen LogP contribution in [-0.4, -0.2) is 0 Å². The molecule has 326 valence electrons. The normalized spacial score (nSPS) is 14.7. The molecule has 0 spiro atoms. The Morgan fingerprint density at radius 1 is 0.373 bits per heavy atom. The molecule has 12 rings (SSSR count). The van der Waals surface area contributed by atoms with E-state index in [4.69, 9.17) is 0 Å². The predicted octanol–water partition coefficient (Wildman–Crippen LogP) is 18.2. The molecule has 3 aliphatic rings. The summed E-state index contributed by atoms with van der Waals surface area (Å²) in [5.41, 5.74) is 25.7. The standard InChI is InChI=1S/C26H22.C22H20.C19H16/c1-17-8-12-22-23-13-11-21(16-25(23)26(2,3)24(22)14-17)20-10-9-18-6-4-5-7-19(18)15-20;1-15-9-11-18-14-22-19(17-6-3-5-16(2)13-17)7-4-8-21(22)20(18)12-10-15;1-15-7-9-17(10-8-15)19-13-11-18(12-14-19)16-5-3-2-4-6-16/h4-16H,1-3H3;3-13,15H,14H2,1-2H3;2-14H,1H3. The molecule has 0 radical (unpaired) electrons. The largest absolute Gasteiger partial charge is 0.0776 e. The highest BCUT2D eigenvalue weighted by atomic mass is 14.4. The zero-order valence-electron chi connectivity index (χ0n) is 39.6. The van der Waals surface area contributed by atoms with Crippen LogP contribution in [0.1, 0.15) is 59.7 Å². The van der Waals surface area contributed by atoms with Crippen LogP contribution < -0.4 is 0 Å². The lowest BCUT2D eigenvalue weighted by atomic mass is 9.81. The zero-order chi connectivity index (χ0) is 46.1. The molecule has 0 heteroatoms. The quantitative estimate of drug-likeness (QED) is 0.165. The van der Waals surface area contributed by atoms with Gasteiger partial charge < -0.3 is 0 Å². The molecule has 0 fully saturated rings. The summed E-state index contributed by atoms with van der Waals surface area (Å²) in [4.78, 5) is 0. The summed E-state index contributed by atoms with van der Waals surface area (Å²) >= 11 is 0. The monoisotopic (exact) mass is 862 g/mol. The molecule has 1 atom stereocenters. The molecule has 0 saturated heterocycles.